The zero-order chi connectivity index (χ0) is 13.7. The third kappa shape index (κ3) is 3.77. The van der Waals surface area contributed by atoms with Crippen molar-refractivity contribution in [1.82, 2.24) is 10.1 Å². The molecule has 3 N–H and O–H groups in total. The monoisotopic (exact) mass is 263 g/mol. The lowest BCUT2D eigenvalue weighted by molar-refractivity contribution is 0.126. The second-order valence-electron chi connectivity index (χ2n) is 4.16. The van der Waals surface area contributed by atoms with Crippen LogP contribution in [0.5, 0.6) is 5.75 Å². The van der Waals surface area contributed by atoms with Gasteiger partial charge in [0.2, 0.25) is 5.89 Å². The molecule has 0 saturated carbocycles. The molecule has 2 aromatic rings. The first kappa shape index (κ1) is 13.5. The highest BCUT2D eigenvalue weighted by Gasteiger charge is 2.15. The largest absolute Gasteiger partial charge is 0.508 e. The summed E-state index contributed by atoms with van der Waals surface area (Å²) in [5.41, 5.74) is 7.00. The van der Waals surface area contributed by atoms with Crippen molar-refractivity contribution in [2.45, 2.75) is 26.0 Å². The van der Waals surface area contributed by atoms with Crippen molar-refractivity contribution in [2.75, 3.05) is 6.61 Å². The number of aromatic hydroxyl groups is 1. The highest BCUT2D eigenvalue weighted by molar-refractivity contribution is 5.26. The molecule has 0 bridgehead atoms. The van der Waals surface area contributed by atoms with E-state index in [2.05, 4.69) is 10.1 Å². The molecule has 0 amide bonds. The number of ether oxygens (including phenoxy) is 1. The van der Waals surface area contributed by atoms with Crippen LogP contribution in [0.3, 0.4) is 0 Å². The standard InChI is InChI=1S/C13H17N3O3/c1-2-18-8-12-15-13(19-16-12)11(14)7-9-3-5-10(17)6-4-9/h3-6,11,17H,2,7-8,14H2,1H3. The van der Waals surface area contributed by atoms with Gasteiger partial charge < -0.3 is 20.1 Å². The fourth-order valence-electron chi connectivity index (χ4n) is 1.64. The Hall–Kier alpha value is -1.92. The van der Waals surface area contributed by atoms with Gasteiger partial charge in [-0.1, -0.05) is 17.3 Å². The molecule has 1 heterocycles. The molecule has 2 rings (SSSR count). The van der Waals surface area contributed by atoms with Crippen LogP contribution < -0.4 is 5.73 Å². The average molecular weight is 263 g/mol. The van der Waals surface area contributed by atoms with Gasteiger partial charge in [0.05, 0.1) is 6.04 Å². The van der Waals surface area contributed by atoms with Gasteiger partial charge in [-0.15, -0.1) is 0 Å². The molecule has 0 aliphatic heterocycles. The summed E-state index contributed by atoms with van der Waals surface area (Å²) in [7, 11) is 0. The van der Waals surface area contributed by atoms with E-state index in [9.17, 15) is 5.11 Å². The van der Waals surface area contributed by atoms with E-state index in [-0.39, 0.29) is 11.8 Å². The Labute approximate surface area is 111 Å². The van der Waals surface area contributed by atoms with E-state index in [0.29, 0.717) is 31.3 Å². The second kappa shape index (κ2) is 6.31. The van der Waals surface area contributed by atoms with Gasteiger partial charge in [-0.05, 0) is 31.0 Å². The number of nitrogens with zero attached hydrogens (tertiary/aromatic N) is 2. The quantitative estimate of drug-likeness (QED) is 0.821. The molecule has 102 valence electrons. The predicted octanol–water partition coefficient (Wildman–Crippen LogP) is 1.55. The summed E-state index contributed by atoms with van der Waals surface area (Å²) < 4.78 is 10.3. The summed E-state index contributed by atoms with van der Waals surface area (Å²) in [5, 5.41) is 13.0. The summed E-state index contributed by atoms with van der Waals surface area (Å²) in [6.07, 6.45) is 0.566. The lowest BCUT2D eigenvalue weighted by Crippen LogP contribution is -2.13. The Morgan fingerprint density at radius 3 is 2.79 bits per heavy atom. The number of hydrogen-bond acceptors (Lipinski definition) is 6. The number of benzene rings is 1. The van der Waals surface area contributed by atoms with E-state index in [1.54, 1.807) is 12.1 Å². The molecular formula is C13H17N3O3. The van der Waals surface area contributed by atoms with Crippen LogP contribution in [-0.4, -0.2) is 21.9 Å². The molecule has 1 unspecified atom stereocenters. The summed E-state index contributed by atoms with van der Waals surface area (Å²) in [6, 6.07) is 6.50. The summed E-state index contributed by atoms with van der Waals surface area (Å²) in [4.78, 5) is 4.18. The van der Waals surface area contributed by atoms with Gasteiger partial charge in [-0.3, -0.25) is 0 Å². The Kier molecular flexibility index (Phi) is 4.48. The maximum absolute atomic E-state index is 9.21. The van der Waals surface area contributed by atoms with E-state index < -0.39 is 0 Å². The molecule has 1 aromatic carbocycles. The van der Waals surface area contributed by atoms with Crippen molar-refractivity contribution in [3.63, 3.8) is 0 Å². The zero-order valence-electron chi connectivity index (χ0n) is 10.7. The molecule has 19 heavy (non-hydrogen) atoms. The second-order valence-corrected chi connectivity index (χ2v) is 4.16. The molecule has 1 atom stereocenters. The van der Waals surface area contributed by atoms with Crippen LogP contribution in [0.15, 0.2) is 28.8 Å². The lowest BCUT2D eigenvalue weighted by atomic mass is 10.1. The topological polar surface area (TPSA) is 94.4 Å². The van der Waals surface area contributed by atoms with Crippen LogP contribution in [0.4, 0.5) is 0 Å². The fraction of sp³-hybridized carbons (Fsp3) is 0.385. The molecule has 6 nitrogen and oxygen atoms in total. The van der Waals surface area contributed by atoms with Crippen LogP contribution in [-0.2, 0) is 17.8 Å². The summed E-state index contributed by atoms with van der Waals surface area (Å²) in [6.45, 7) is 2.83. The van der Waals surface area contributed by atoms with E-state index in [1.165, 1.54) is 0 Å². The van der Waals surface area contributed by atoms with E-state index in [4.69, 9.17) is 15.0 Å². The molecule has 6 heteroatoms. The Bertz CT molecular complexity index is 510. The van der Waals surface area contributed by atoms with Crippen molar-refractivity contribution >= 4 is 0 Å². The van der Waals surface area contributed by atoms with Crippen molar-refractivity contribution < 1.29 is 14.4 Å². The molecule has 0 aliphatic carbocycles. The van der Waals surface area contributed by atoms with Crippen LogP contribution in [0, 0.1) is 0 Å². The van der Waals surface area contributed by atoms with Crippen molar-refractivity contribution in [3.8, 4) is 5.75 Å². The van der Waals surface area contributed by atoms with E-state index in [1.807, 2.05) is 19.1 Å². The van der Waals surface area contributed by atoms with Crippen LogP contribution in [0.25, 0.3) is 0 Å². The maximum Gasteiger partial charge on any atom is 0.243 e. The smallest absolute Gasteiger partial charge is 0.243 e. The van der Waals surface area contributed by atoms with Gasteiger partial charge in [0.1, 0.15) is 12.4 Å². The number of hydrogen-bond donors (Lipinski definition) is 2. The number of nitrogens with two attached hydrogens (primary N) is 1. The van der Waals surface area contributed by atoms with Gasteiger partial charge in [0.15, 0.2) is 5.82 Å². The van der Waals surface area contributed by atoms with Crippen LogP contribution in [0.1, 0.15) is 30.2 Å². The van der Waals surface area contributed by atoms with Gasteiger partial charge in [-0.2, -0.15) is 4.98 Å². The van der Waals surface area contributed by atoms with E-state index in [0.717, 1.165) is 5.56 Å². The van der Waals surface area contributed by atoms with Gasteiger partial charge >= 0.3 is 0 Å². The molecule has 0 radical (unpaired) electrons. The number of phenols is 1. The first-order valence-corrected chi connectivity index (χ1v) is 6.12. The van der Waals surface area contributed by atoms with Gasteiger partial charge in [0.25, 0.3) is 0 Å². The minimum Gasteiger partial charge on any atom is -0.508 e. The third-order valence-electron chi connectivity index (χ3n) is 2.63. The number of rotatable bonds is 6. The van der Waals surface area contributed by atoms with Crippen molar-refractivity contribution in [2.24, 2.45) is 5.73 Å². The Morgan fingerprint density at radius 2 is 2.11 bits per heavy atom. The third-order valence-corrected chi connectivity index (χ3v) is 2.63. The number of aromatic nitrogens is 2. The zero-order valence-corrected chi connectivity index (χ0v) is 10.7. The van der Waals surface area contributed by atoms with Crippen LogP contribution in [0.2, 0.25) is 0 Å². The highest BCUT2D eigenvalue weighted by Crippen LogP contribution is 2.17. The first-order chi connectivity index (χ1) is 9.19. The fourth-order valence-corrected chi connectivity index (χ4v) is 1.64. The minimum atomic E-state index is -0.368. The SMILES string of the molecule is CCOCc1noc(C(N)Cc2ccc(O)cc2)n1. The lowest BCUT2D eigenvalue weighted by Gasteiger charge is -2.06. The Balaban J connectivity index is 1.97. The minimum absolute atomic E-state index is 0.231. The molecule has 1 aromatic heterocycles. The maximum atomic E-state index is 9.21. The van der Waals surface area contributed by atoms with Crippen LogP contribution >= 0.6 is 0 Å². The highest BCUT2D eigenvalue weighted by atomic mass is 16.5. The predicted molar refractivity (Wildman–Crippen MR) is 68.4 cm³/mol. The average Bonchev–Trinajstić information content (AvgIpc) is 2.88. The molecule has 0 aliphatic rings. The molecule has 0 spiro atoms. The van der Waals surface area contributed by atoms with Gasteiger partial charge in [0, 0.05) is 6.61 Å². The summed E-state index contributed by atoms with van der Waals surface area (Å²) >= 11 is 0. The van der Waals surface area contributed by atoms with E-state index >= 15 is 0 Å². The van der Waals surface area contributed by atoms with Gasteiger partial charge in [-0.25, -0.2) is 0 Å². The number of phenolic OH excluding ortho intramolecular Hbond substituents is 1. The first-order valence-electron chi connectivity index (χ1n) is 6.12. The molecular weight excluding hydrogens is 246 g/mol. The van der Waals surface area contributed by atoms with Crippen molar-refractivity contribution in [3.05, 3.63) is 41.5 Å². The normalized spacial score (nSPS) is 12.5. The van der Waals surface area contributed by atoms with Crippen molar-refractivity contribution in [1.29, 1.82) is 0 Å². The molecule has 0 fully saturated rings. The summed E-state index contributed by atoms with van der Waals surface area (Å²) in [5.74, 6) is 1.12. The Morgan fingerprint density at radius 1 is 1.37 bits per heavy atom. The molecule has 0 saturated heterocycles.